The lowest BCUT2D eigenvalue weighted by molar-refractivity contribution is 0.0760. The van der Waals surface area contributed by atoms with Crippen molar-refractivity contribution in [3.05, 3.63) is 82.5 Å². The van der Waals surface area contributed by atoms with Gasteiger partial charge in [0.25, 0.3) is 5.91 Å². The van der Waals surface area contributed by atoms with Gasteiger partial charge in [0.2, 0.25) is 11.8 Å². The van der Waals surface area contributed by atoms with E-state index in [0.29, 0.717) is 41.9 Å². The van der Waals surface area contributed by atoms with Gasteiger partial charge in [-0.3, -0.25) is 9.69 Å². The van der Waals surface area contributed by atoms with Gasteiger partial charge in [0.15, 0.2) is 0 Å². The molecule has 1 amide bonds. The lowest BCUT2D eigenvalue weighted by Gasteiger charge is -2.21. The molecule has 3 aromatic rings. The highest BCUT2D eigenvalue weighted by Gasteiger charge is 2.21. The Morgan fingerprint density at radius 3 is 2.62 bits per heavy atom. The van der Waals surface area contributed by atoms with Crippen LogP contribution in [0.5, 0.6) is 0 Å². The molecule has 1 aliphatic rings. The fourth-order valence-electron chi connectivity index (χ4n) is 3.52. The average molecular weight is 411 g/mol. The average Bonchev–Trinajstić information content (AvgIpc) is 3.03. The molecule has 1 aliphatic heterocycles. The molecule has 1 fully saturated rings. The highest BCUT2D eigenvalue weighted by Crippen LogP contribution is 2.15. The van der Waals surface area contributed by atoms with E-state index < -0.39 is 0 Å². The quantitative estimate of drug-likeness (QED) is 0.642. The van der Waals surface area contributed by atoms with Crippen LogP contribution in [0.25, 0.3) is 0 Å². The number of amides is 1. The molecule has 0 bridgehead atoms. The number of hydrogen-bond donors (Lipinski definition) is 0. The van der Waals surface area contributed by atoms with E-state index in [0.717, 1.165) is 31.6 Å². The van der Waals surface area contributed by atoms with Crippen LogP contribution in [0.4, 0.5) is 0 Å². The van der Waals surface area contributed by atoms with Crippen LogP contribution in [0.1, 0.15) is 34.1 Å². The first kappa shape index (κ1) is 19.6. The van der Waals surface area contributed by atoms with Crippen molar-refractivity contribution >= 4 is 17.5 Å². The van der Waals surface area contributed by atoms with E-state index in [9.17, 15) is 4.79 Å². The SMILES string of the molecule is O=C(c1cccc(Cl)c1)N1CCCN(Cc2nnc(Cc3ccccc3)o2)CC1. The highest BCUT2D eigenvalue weighted by molar-refractivity contribution is 6.30. The van der Waals surface area contributed by atoms with Gasteiger partial charge >= 0.3 is 0 Å². The predicted molar refractivity (Wildman–Crippen MR) is 111 cm³/mol. The summed E-state index contributed by atoms with van der Waals surface area (Å²) in [5, 5.41) is 8.94. The third kappa shape index (κ3) is 5.22. The van der Waals surface area contributed by atoms with Crippen molar-refractivity contribution in [1.82, 2.24) is 20.0 Å². The molecule has 7 heteroatoms. The topological polar surface area (TPSA) is 62.5 Å². The summed E-state index contributed by atoms with van der Waals surface area (Å²) in [5.74, 6) is 1.27. The Morgan fingerprint density at radius 2 is 1.79 bits per heavy atom. The predicted octanol–water partition coefficient (Wildman–Crippen LogP) is 3.66. The van der Waals surface area contributed by atoms with Gasteiger partial charge in [-0.05, 0) is 30.2 Å². The third-order valence-corrected chi connectivity index (χ3v) is 5.25. The van der Waals surface area contributed by atoms with Gasteiger partial charge in [-0.15, -0.1) is 10.2 Å². The fourth-order valence-corrected chi connectivity index (χ4v) is 3.71. The summed E-state index contributed by atoms with van der Waals surface area (Å²) in [5.41, 5.74) is 1.78. The molecule has 4 rings (SSSR count). The summed E-state index contributed by atoms with van der Waals surface area (Å²) in [6.07, 6.45) is 1.53. The highest BCUT2D eigenvalue weighted by atomic mass is 35.5. The summed E-state index contributed by atoms with van der Waals surface area (Å²) in [6, 6.07) is 17.2. The van der Waals surface area contributed by atoms with Crippen molar-refractivity contribution in [3.63, 3.8) is 0 Å². The number of benzene rings is 2. The van der Waals surface area contributed by atoms with Crippen LogP contribution < -0.4 is 0 Å². The lowest BCUT2D eigenvalue weighted by atomic mass is 10.2. The lowest BCUT2D eigenvalue weighted by Crippen LogP contribution is -2.35. The number of rotatable bonds is 5. The molecule has 1 aromatic heterocycles. The van der Waals surface area contributed by atoms with Gasteiger partial charge in [-0.1, -0.05) is 48.0 Å². The molecule has 0 saturated carbocycles. The molecule has 0 unspecified atom stereocenters. The van der Waals surface area contributed by atoms with Gasteiger partial charge in [0, 0.05) is 36.8 Å². The first-order chi connectivity index (χ1) is 14.2. The minimum atomic E-state index is 0.0253. The largest absolute Gasteiger partial charge is 0.424 e. The Labute approximate surface area is 175 Å². The monoisotopic (exact) mass is 410 g/mol. The number of nitrogens with zero attached hydrogens (tertiary/aromatic N) is 4. The smallest absolute Gasteiger partial charge is 0.253 e. The number of carbonyl (C=O) groups is 1. The number of carbonyl (C=O) groups excluding carboxylic acids is 1. The summed E-state index contributed by atoms with van der Waals surface area (Å²) < 4.78 is 5.83. The van der Waals surface area contributed by atoms with Crippen LogP contribution in [0.2, 0.25) is 5.02 Å². The molecule has 0 N–H and O–H groups in total. The van der Waals surface area contributed by atoms with Crippen LogP contribution in [-0.2, 0) is 13.0 Å². The molecule has 6 nitrogen and oxygen atoms in total. The molecule has 2 aromatic carbocycles. The van der Waals surface area contributed by atoms with E-state index in [1.807, 2.05) is 47.4 Å². The maximum Gasteiger partial charge on any atom is 0.253 e. The summed E-state index contributed by atoms with van der Waals surface area (Å²) in [7, 11) is 0. The number of hydrogen-bond acceptors (Lipinski definition) is 5. The van der Waals surface area contributed by atoms with E-state index in [4.69, 9.17) is 16.0 Å². The number of aromatic nitrogens is 2. The zero-order valence-corrected chi connectivity index (χ0v) is 16.9. The normalized spacial score (nSPS) is 15.3. The van der Waals surface area contributed by atoms with Crippen LogP contribution in [0.15, 0.2) is 59.0 Å². The van der Waals surface area contributed by atoms with E-state index >= 15 is 0 Å². The first-order valence-corrected chi connectivity index (χ1v) is 10.2. The Morgan fingerprint density at radius 1 is 0.966 bits per heavy atom. The van der Waals surface area contributed by atoms with Crippen LogP contribution in [-0.4, -0.2) is 52.1 Å². The number of halogens is 1. The molecule has 29 heavy (non-hydrogen) atoms. The molecule has 0 radical (unpaired) electrons. The fraction of sp³-hybridized carbons (Fsp3) is 0.318. The van der Waals surface area contributed by atoms with E-state index in [1.165, 1.54) is 0 Å². The Bertz CT molecular complexity index is 960. The Hall–Kier alpha value is -2.70. The van der Waals surface area contributed by atoms with E-state index in [2.05, 4.69) is 15.1 Å². The zero-order valence-electron chi connectivity index (χ0n) is 16.1. The second-order valence-electron chi connectivity index (χ2n) is 7.18. The van der Waals surface area contributed by atoms with Gasteiger partial charge in [0.05, 0.1) is 13.0 Å². The second-order valence-corrected chi connectivity index (χ2v) is 7.62. The van der Waals surface area contributed by atoms with Crippen molar-refractivity contribution in [1.29, 1.82) is 0 Å². The van der Waals surface area contributed by atoms with Crippen molar-refractivity contribution in [2.24, 2.45) is 0 Å². The molecule has 0 atom stereocenters. The zero-order chi connectivity index (χ0) is 20.1. The Balaban J connectivity index is 1.33. The minimum absolute atomic E-state index is 0.0253. The van der Waals surface area contributed by atoms with Crippen molar-refractivity contribution in [2.45, 2.75) is 19.4 Å². The minimum Gasteiger partial charge on any atom is -0.424 e. The standard InChI is InChI=1S/C22H23ClN4O2/c23-19-9-4-8-18(15-19)22(28)27-11-5-10-26(12-13-27)16-21-25-24-20(29-21)14-17-6-2-1-3-7-17/h1-4,6-9,15H,5,10-14,16H2. The first-order valence-electron chi connectivity index (χ1n) is 9.80. The molecule has 0 spiro atoms. The molecule has 1 saturated heterocycles. The van der Waals surface area contributed by atoms with Crippen molar-refractivity contribution in [3.8, 4) is 0 Å². The van der Waals surface area contributed by atoms with Gasteiger partial charge in [-0.2, -0.15) is 0 Å². The Kier molecular flexibility index (Phi) is 6.22. The van der Waals surface area contributed by atoms with Crippen molar-refractivity contribution in [2.75, 3.05) is 26.2 Å². The van der Waals surface area contributed by atoms with Gasteiger partial charge in [0.1, 0.15) is 0 Å². The second kappa shape index (κ2) is 9.20. The molecular formula is C22H23ClN4O2. The van der Waals surface area contributed by atoms with E-state index in [1.54, 1.807) is 12.1 Å². The van der Waals surface area contributed by atoms with Gasteiger partial charge < -0.3 is 9.32 Å². The van der Waals surface area contributed by atoms with Crippen LogP contribution >= 0.6 is 11.6 Å². The summed E-state index contributed by atoms with van der Waals surface area (Å²) in [6.45, 7) is 3.64. The van der Waals surface area contributed by atoms with Crippen LogP contribution in [0.3, 0.4) is 0 Å². The molecule has 0 aliphatic carbocycles. The molecule has 150 valence electrons. The summed E-state index contributed by atoms with van der Waals surface area (Å²) in [4.78, 5) is 16.9. The third-order valence-electron chi connectivity index (χ3n) is 5.01. The molecule has 2 heterocycles. The van der Waals surface area contributed by atoms with E-state index in [-0.39, 0.29) is 5.91 Å². The molecular weight excluding hydrogens is 388 g/mol. The van der Waals surface area contributed by atoms with Gasteiger partial charge in [-0.25, -0.2) is 0 Å². The summed E-state index contributed by atoms with van der Waals surface area (Å²) >= 11 is 6.02. The maximum absolute atomic E-state index is 12.8. The maximum atomic E-state index is 12.8. The van der Waals surface area contributed by atoms with Crippen LogP contribution in [0, 0.1) is 0 Å². The van der Waals surface area contributed by atoms with Crippen molar-refractivity contribution < 1.29 is 9.21 Å².